The van der Waals surface area contributed by atoms with E-state index in [0.717, 1.165) is 83.6 Å². The predicted molar refractivity (Wildman–Crippen MR) is 198 cm³/mol. The molecule has 1 fully saturated rings. The number of nitrogens with zero attached hydrogens (tertiary/aromatic N) is 7. The first-order valence-electron chi connectivity index (χ1n) is 16.4. The number of alkyl halides is 1. The Morgan fingerprint density at radius 3 is 2.59 bits per heavy atom. The zero-order chi connectivity index (χ0) is 34.4. The molecular formula is C37H42ClN9O2. The van der Waals surface area contributed by atoms with Crippen molar-refractivity contribution in [2.24, 2.45) is 4.99 Å². The van der Waals surface area contributed by atoms with Crippen molar-refractivity contribution < 1.29 is 9.53 Å². The van der Waals surface area contributed by atoms with Gasteiger partial charge in [-0.15, -0.1) is 0 Å². The molecule has 1 unspecified atom stereocenters. The summed E-state index contributed by atoms with van der Waals surface area (Å²) in [4.78, 5) is 30.2. The largest absolute Gasteiger partial charge is 0.357 e. The molecule has 2 atom stereocenters. The topological polar surface area (TPSA) is 127 Å². The van der Waals surface area contributed by atoms with Crippen molar-refractivity contribution >= 4 is 58.1 Å². The fourth-order valence-corrected chi connectivity index (χ4v) is 6.87. The first-order chi connectivity index (χ1) is 23.8. The molecule has 0 saturated carbocycles. The number of H-pyrrole nitrogens is 1. The second kappa shape index (κ2) is 15.3. The highest BCUT2D eigenvalue weighted by atomic mass is 35.5. The third-order valence-corrected chi connectivity index (χ3v) is 9.82. The van der Waals surface area contributed by atoms with E-state index in [1.165, 1.54) is 17.4 Å². The van der Waals surface area contributed by atoms with Crippen molar-refractivity contribution in [1.29, 1.82) is 5.41 Å². The number of ether oxygens (including phenoxy) is 1. The Balaban J connectivity index is 0.000000188. The summed E-state index contributed by atoms with van der Waals surface area (Å²) in [6.07, 6.45) is 14.3. The molecule has 0 amide bonds. The van der Waals surface area contributed by atoms with Crippen molar-refractivity contribution in [2.75, 3.05) is 58.8 Å². The highest BCUT2D eigenvalue weighted by Crippen LogP contribution is 2.37. The van der Waals surface area contributed by atoms with Crippen LogP contribution in [0.25, 0.3) is 33.4 Å². The fourth-order valence-electron chi connectivity index (χ4n) is 6.64. The maximum Gasteiger partial charge on any atom is 0.159 e. The molecule has 3 aliphatic heterocycles. The van der Waals surface area contributed by atoms with Crippen LogP contribution >= 0.6 is 11.6 Å². The summed E-state index contributed by atoms with van der Waals surface area (Å²) in [5.41, 5.74) is 7.32. The number of anilines is 1. The lowest BCUT2D eigenvalue weighted by molar-refractivity contribution is -0.108. The first-order valence-corrected chi connectivity index (χ1v) is 16.9. The van der Waals surface area contributed by atoms with E-state index in [9.17, 15) is 4.79 Å². The van der Waals surface area contributed by atoms with Crippen molar-refractivity contribution in [2.45, 2.75) is 30.5 Å². The fraction of sp³-hybridized carbons (Fsp3) is 0.351. The van der Waals surface area contributed by atoms with Crippen LogP contribution in [0.15, 0.2) is 72.0 Å². The van der Waals surface area contributed by atoms with Crippen LogP contribution in [0.1, 0.15) is 36.1 Å². The number of halogens is 1. The third kappa shape index (κ3) is 7.55. The number of carbonyl (C=O) groups excluding carboxylic acids is 1. The summed E-state index contributed by atoms with van der Waals surface area (Å²) in [6.45, 7) is 3.95. The Bertz CT molecular complexity index is 1870. The first kappa shape index (κ1) is 34.3. The monoisotopic (exact) mass is 679 g/mol. The summed E-state index contributed by atoms with van der Waals surface area (Å²) < 4.78 is 5.97. The number of hydrogen-bond acceptors (Lipinski definition) is 10. The molecule has 5 heterocycles. The number of nitrogens with one attached hydrogen (secondary N) is 2. The van der Waals surface area contributed by atoms with E-state index in [-0.39, 0.29) is 5.50 Å². The standard InChI is InChI=1S/C21H25ClN6O2.C16H17N3/c1-27(21(30-2)4-6-28(13-21)7-8-29)18-11-16-17(9-15(18)12-23)25-26-20(16)14-3-5-24-19(22)10-14;1-19-11-7-14(8-12-19)13-3-5-15(6-4-13)16-17-9-2-10-18-16/h3,5,8-9,11-12,19,23H,4,6-7,10,13H2,1-2H3,(H,25,26);2-7,9-10H,8,11-12H2,1H3/t19?,21-;/m0./s1. The molecular weight excluding hydrogens is 638 g/mol. The minimum absolute atomic E-state index is 0.293. The molecule has 0 spiro atoms. The number of hydrogen-bond donors (Lipinski definition) is 2. The average Bonchev–Trinajstić information content (AvgIpc) is 3.76. The zero-order valence-electron chi connectivity index (χ0n) is 28.1. The third-order valence-electron chi connectivity index (χ3n) is 9.55. The number of dihydropyridines is 1. The van der Waals surface area contributed by atoms with Gasteiger partial charge in [-0.3, -0.25) is 15.0 Å². The molecule has 12 heteroatoms. The average molecular weight is 680 g/mol. The summed E-state index contributed by atoms with van der Waals surface area (Å²) in [5, 5.41) is 16.5. The van der Waals surface area contributed by atoms with Crippen LogP contribution in [0.2, 0.25) is 0 Å². The van der Waals surface area contributed by atoms with E-state index in [0.29, 0.717) is 19.5 Å². The molecule has 0 aliphatic carbocycles. The number of allylic oxidation sites excluding steroid dienone is 1. The predicted octanol–water partition coefficient (Wildman–Crippen LogP) is 5.53. The lowest BCUT2D eigenvalue weighted by Gasteiger charge is -2.39. The van der Waals surface area contributed by atoms with E-state index in [4.69, 9.17) is 21.7 Å². The van der Waals surface area contributed by atoms with Gasteiger partial charge in [-0.25, -0.2) is 9.97 Å². The minimum atomic E-state index is -0.573. The van der Waals surface area contributed by atoms with Gasteiger partial charge in [-0.1, -0.05) is 41.9 Å². The van der Waals surface area contributed by atoms with E-state index >= 15 is 0 Å². The van der Waals surface area contributed by atoms with Crippen molar-refractivity contribution in [3.8, 4) is 11.4 Å². The lowest BCUT2D eigenvalue weighted by atomic mass is 9.98. The van der Waals surface area contributed by atoms with Gasteiger partial charge in [0.05, 0.1) is 17.8 Å². The van der Waals surface area contributed by atoms with Crippen LogP contribution in [-0.4, -0.2) is 114 Å². The molecule has 254 valence electrons. The summed E-state index contributed by atoms with van der Waals surface area (Å²) in [7, 11) is 5.83. The van der Waals surface area contributed by atoms with Crippen molar-refractivity contribution in [3.05, 3.63) is 83.8 Å². The number of fused-ring (bicyclic) bond motifs is 1. The molecule has 0 radical (unpaired) electrons. The number of rotatable bonds is 9. The van der Waals surface area contributed by atoms with Gasteiger partial charge in [0, 0.05) is 100 Å². The van der Waals surface area contributed by atoms with E-state index in [1.807, 2.05) is 31.3 Å². The molecule has 4 aromatic rings. The molecule has 7 rings (SSSR count). The van der Waals surface area contributed by atoms with Gasteiger partial charge >= 0.3 is 0 Å². The Morgan fingerprint density at radius 1 is 1.14 bits per heavy atom. The van der Waals surface area contributed by atoms with Gasteiger partial charge in [0.2, 0.25) is 0 Å². The van der Waals surface area contributed by atoms with Crippen LogP contribution in [0, 0.1) is 5.41 Å². The van der Waals surface area contributed by atoms with E-state index < -0.39 is 5.72 Å². The molecule has 2 N–H and O–H groups in total. The molecule has 2 aromatic heterocycles. The van der Waals surface area contributed by atoms with Gasteiger partial charge in [0.15, 0.2) is 11.5 Å². The molecule has 0 bridgehead atoms. The normalized spacial score (nSPS) is 21.1. The minimum Gasteiger partial charge on any atom is -0.357 e. The molecule has 2 aromatic carbocycles. The molecule has 3 aliphatic rings. The van der Waals surface area contributed by atoms with Gasteiger partial charge in [0.25, 0.3) is 0 Å². The number of aromatic nitrogens is 4. The van der Waals surface area contributed by atoms with Gasteiger partial charge < -0.3 is 24.7 Å². The second-order valence-corrected chi connectivity index (χ2v) is 13.1. The second-order valence-electron chi connectivity index (χ2n) is 12.6. The molecule has 11 nitrogen and oxygen atoms in total. The number of methoxy groups -OCH3 is 1. The highest BCUT2D eigenvalue weighted by molar-refractivity contribution is 6.22. The number of aromatic amines is 1. The lowest BCUT2D eigenvalue weighted by Crippen LogP contribution is -2.51. The smallest absolute Gasteiger partial charge is 0.159 e. The van der Waals surface area contributed by atoms with Crippen molar-refractivity contribution in [3.63, 3.8) is 0 Å². The van der Waals surface area contributed by atoms with Crippen LogP contribution in [0.5, 0.6) is 0 Å². The highest BCUT2D eigenvalue weighted by Gasteiger charge is 2.42. The number of aliphatic imine (C=N–C) groups is 1. The quantitative estimate of drug-likeness (QED) is 0.0778. The van der Waals surface area contributed by atoms with E-state index in [1.54, 1.807) is 25.7 Å². The SMILES string of the molecule is CN1CC=C(c2ccc(-c3ncccn3)cc2)CC1.CO[C@@]1(N(C)c2cc3c(C4=CC=NC(Cl)C4)n[nH]c3cc2C=N)CCN(CC=O)C1. The Morgan fingerprint density at radius 2 is 1.92 bits per heavy atom. The van der Waals surface area contributed by atoms with Crippen LogP contribution in [0.4, 0.5) is 5.69 Å². The maximum atomic E-state index is 11.0. The van der Waals surface area contributed by atoms with Gasteiger partial charge in [-0.05, 0) is 54.5 Å². The van der Waals surface area contributed by atoms with Crippen LogP contribution in [0.3, 0.4) is 0 Å². The Hall–Kier alpha value is -4.55. The van der Waals surface area contributed by atoms with E-state index in [2.05, 4.69) is 77.2 Å². The molecule has 49 heavy (non-hydrogen) atoms. The summed E-state index contributed by atoms with van der Waals surface area (Å²) >= 11 is 6.21. The summed E-state index contributed by atoms with van der Waals surface area (Å²) in [5.74, 6) is 0.784. The number of aldehydes is 1. The number of likely N-dealkylation sites (tertiary alicyclic amines) is 1. The maximum absolute atomic E-state index is 11.0. The number of benzene rings is 2. The molecule has 1 saturated heterocycles. The Labute approximate surface area is 291 Å². The van der Waals surface area contributed by atoms with Gasteiger partial charge in [-0.2, -0.15) is 5.10 Å². The zero-order valence-corrected chi connectivity index (χ0v) is 28.9. The Kier molecular flexibility index (Phi) is 10.7. The number of carbonyl (C=O) groups is 1. The van der Waals surface area contributed by atoms with Crippen molar-refractivity contribution in [1.82, 2.24) is 30.0 Å². The van der Waals surface area contributed by atoms with Gasteiger partial charge in [0.1, 0.15) is 11.8 Å². The van der Waals surface area contributed by atoms with Crippen LogP contribution < -0.4 is 4.90 Å². The number of likely N-dealkylation sites (N-methyl/N-ethyl adjacent to an activating group) is 2. The summed E-state index contributed by atoms with van der Waals surface area (Å²) in [6, 6.07) is 14.4. The van der Waals surface area contributed by atoms with Crippen LogP contribution in [-0.2, 0) is 9.53 Å².